The van der Waals surface area contributed by atoms with E-state index in [1.54, 1.807) is 12.1 Å². The van der Waals surface area contributed by atoms with Crippen molar-refractivity contribution >= 4 is 5.69 Å². The number of anilines is 1. The van der Waals surface area contributed by atoms with Gasteiger partial charge in [-0.3, -0.25) is 0 Å². The average molecular weight is 265 g/mol. The van der Waals surface area contributed by atoms with Gasteiger partial charge in [0.2, 0.25) is 0 Å². The predicted octanol–water partition coefficient (Wildman–Crippen LogP) is 2.18. The Kier molecular flexibility index (Phi) is 4.77. The summed E-state index contributed by atoms with van der Waals surface area (Å²) in [7, 11) is 4.26. The maximum Gasteiger partial charge on any atom is 0.123 e. The molecule has 2 rings (SSSR count). The molecule has 19 heavy (non-hydrogen) atoms. The van der Waals surface area contributed by atoms with Gasteiger partial charge in [-0.25, -0.2) is 4.39 Å². The van der Waals surface area contributed by atoms with Gasteiger partial charge in [0.15, 0.2) is 0 Å². The van der Waals surface area contributed by atoms with Crippen molar-refractivity contribution in [1.29, 1.82) is 0 Å². The Bertz CT molecular complexity index is 414. The molecule has 0 unspecified atom stereocenters. The highest BCUT2D eigenvalue weighted by molar-refractivity contribution is 5.46. The fourth-order valence-corrected chi connectivity index (χ4v) is 2.75. The SMILES string of the molecule is CN1CCC(CN(C)Cc2cc(F)ccc2N)CC1. The molecule has 1 heterocycles. The first kappa shape index (κ1) is 14.3. The summed E-state index contributed by atoms with van der Waals surface area (Å²) in [6.45, 7) is 4.14. The van der Waals surface area contributed by atoms with Crippen molar-refractivity contribution in [2.45, 2.75) is 19.4 Å². The van der Waals surface area contributed by atoms with Gasteiger partial charge < -0.3 is 15.5 Å². The van der Waals surface area contributed by atoms with Gasteiger partial charge in [-0.15, -0.1) is 0 Å². The van der Waals surface area contributed by atoms with E-state index in [9.17, 15) is 4.39 Å². The van der Waals surface area contributed by atoms with Gasteiger partial charge in [0.25, 0.3) is 0 Å². The van der Waals surface area contributed by atoms with Crippen molar-refractivity contribution in [3.05, 3.63) is 29.6 Å². The van der Waals surface area contributed by atoms with Gasteiger partial charge in [0, 0.05) is 18.8 Å². The number of nitrogen functional groups attached to an aromatic ring is 1. The van der Waals surface area contributed by atoms with Crippen LogP contribution in [0.25, 0.3) is 0 Å². The molecule has 0 aromatic heterocycles. The third-order valence-corrected chi connectivity index (χ3v) is 3.95. The summed E-state index contributed by atoms with van der Waals surface area (Å²) in [6, 6.07) is 4.60. The number of nitrogens with zero attached hydrogens (tertiary/aromatic N) is 2. The van der Waals surface area contributed by atoms with Crippen molar-refractivity contribution in [2.24, 2.45) is 5.92 Å². The van der Waals surface area contributed by atoms with Crippen molar-refractivity contribution in [3.8, 4) is 0 Å². The smallest absolute Gasteiger partial charge is 0.123 e. The largest absolute Gasteiger partial charge is 0.398 e. The maximum absolute atomic E-state index is 13.2. The Labute approximate surface area is 115 Å². The highest BCUT2D eigenvalue weighted by atomic mass is 19.1. The molecule has 0 aliphatic carbocycles. The normalized spacial score (nSPS) is 18.1. The predicted molar refractivity (Wildman–Crippen MR) is 77.4 cm³/mol. The molecule has 0 spiro atoms. The quantitative estimate of drug-likeness (QED) is 0.847. The number of likely N-dealkylation sites (tertiary alicyclic amines) is 1. The molecule has 1 aromatic carbocycles. The summed E-state index contributed by atoms with van der Waals surface area (Å²) in [4.78, 5) is 4.63. The first-order chi connectivity index (χ1) is 9.04. The van der Waals surface area contributed by atoms with Crippen LogP contribution in [0.2, 0.25) is 0 Å². The van der Waals surface area contributed by atoms with Crippen LogP contribution < -0.4 is 5.73 Å². The van der Waals surface area contributed by atoms with E-state index in [2.05, 4.69) is 23.9 Å². The molecule has 1 aliphatic rings. The van der Waals surface area contributed by atoms with E-state index in [1.165, 1.54) is 32.0 Å². The van der Waals surface area contributed by atoms with E-state index in [4.69, 9.17) is 5.73 Å². The Hall–Kier alpha value is -1.13. The molecule has 0 atom stereocenters. The molecule has 1 fully saturated rings. The van der Waals surface area contributed by atoms with Gasteiger partial charge in [0.1, 0.15) is 5.82 Å². The Balaban J connectivity index is 1.87. The van der Waals surface area contributed by atoms with Crippen molar-refractivity contribution in [3.63, 3.8) is 0 Å². The second-order valence-corrected chi connectivity index (χ2v) is 5.79. The number of piperidine rings is 1. The minimum atomic E-state index is -0.211. The minimum absolute atomic E-state index is 0.211. The second kappa shape index (κ2) is 6.35. The van der Waals surface area contributed by atoms with Gasteiger partial charge in [-0.05, 0) is 69.7 Å². The van der Waals surface area contributed by atoms with Gasteiger partial charge in [0.05, 0.1) is 0 Å². The number of rotatable bonds is 4. The van der Waals surface area contributed by atoms with Gasteiger partial charge in [-0.1, -0.05) is 0 Å². The van der Waals surface area contributed by atoms with E-state index in [1.807, 2.05) is 0 Å². The highest BCUT2D eigenvalue weighted by Gasteiger charge is 2.18. The Morgan fingerprint density at radius 3 is 2.74 bits per heavy atom. The Morgan fingerprint density at radius 1 is 1.37 bits per heavy atom. The third-order valence-electron chi connectivity index (χ3n) is 3.95. The molecule has 106 valence electrons. The van der Waals surface area contributed by atoms with Crippen LogP contribution in [-0.4, -0.2) is 43.5 Å². The molecule has 0 radical (unpaired) electrons. The molecule has 2 N–H and O–H groups in total. The lowest BCUT2D eigenvalue weighted by atomic mass is 9.96. The van der Waals surface area contributed by atoms with Crippen LogP contribution in [0.15, 0.2) is 18.2 Å². The lowest BCUT2D eigenvalue weighted by Gasteiger charge is -2.31. The average Bonchev–Trinajstić information content (AvgIpc) is 2.37. The summed E-state index contributed by atoms with van der Waals surface area (Å²) in [6.07, 6.45) is 2.50. The molecule has 0 bridgehead atoms. The van der Waals surface area contributed by atoms with E-state index >= 15 is 0 Å². The molecular formula is C15H24FN3. The number of halogens is 1. The third kappa shape index (κ3) is 4.18. The lowest BCUT2D eigenvalue weighted by molar-refractivity contribution is 0.173. The van der Waals surface area contributed by atoms with E-state index in [0.717, 1.165) is 24.6 Å². The van der Waals surface area contributed by atoms with Crippen LogP contribution in [-0.2, 0) is 6.54 Å². The summed E-state index contributed by atoms with van der Waals surface area (Å²) < 4.78 is 13.2. The fraction of sp³-hybridized carbons (Fsp3) is 0.600. The highest BCUT2D eigenvalue weighted by Crippen LogP contribution is 2.19. The zero-order valence-electron chi connectivity index (χ0n) is 11.9. The van der Waals surface area contributed by atoms with Crippen LogP contribution >= 0.6 is 0 Å². The maximum atomic E-state index is 13.2. The first-order valence-electron chi connectivity index (χ1n) is 6.95. The molecule has 1 saturated heterocycles. The summed E-state index contributed by atoms with van der Waals surface area (Å²) in [5.41, 5.74) is 7.45. The summed E-state index contributed by atoms with van der Waals surface area (Å²) >= 11 is 0. The van der Waals surface area contributed by atoms with Crippen LogP contribution in [0, 0.1) is 11.7 Å². The first-order valence-corrected chi connectivity index (χ1v) is 6.95. The van der Waals surface area contributed by atoms with Gasteiger partial charge >= 0.3 is 0 Å². The van der Waals surface area contributed by atoms with Crippen molar-refractivity contribution in [1.82, 2.24) is 9.80 Å². The minimum Gasteiger partial charge on any atom is -0.398 e. The van der Waals surface area contributed by atoms with Crippen LogP contribution in [0.4, 0.5) is 10.1 Å². The van der Waals surface area contributed by atoms with E-state index < -0.39 is 0 Å². The molecule has 0 saturated carbocycles. The standard InChI is InChI=1S/C15H24FN3/c1-18-7-5-12(6-8-18)10-19(2)11-13-9-14(16)3-4-15(13)17/h3-4,9,12H,5-8,10-11,17H2,1-2H3. The second-order valence-electron chi connectivity index (χ2n) is 5.79. The van der Waals surface area contributed by atoms with Crippen molar-refractivity contribution in [2.75, 3.05) is 39.5 Å². The summed E-state index contributed by atoms with van der Waals surface area (Å²) in [5.74, 6) is 0.535. The van der Waals surface area contributed by atoms with Crippen LogP contribution in [0.5, 0.6) is 0 Å². The topological polar surface area (TPSA) is 32.5 Å². The number of nitrogens with two attached hydrogens (primary N) is 1. The number of benzene rings is 1. The molecule has 1 aromatic rings. The zero-order valence-corrected chi connectivity index (χ0v) is 11.9. The monoisotopic (exact) mass is 265 g/mol. The zero-order chi connectivity index (χ0) is 13.8. The number of hydrogen-bond acceptors (Lipinski definition) is 3. The fourth-order valence-electron chi connectivity index (χ4n) is 2.75. The lowest BCUT2D eigenvalue weighted by Crippen LogP contribution is -2.35. The van der Waals surface area contributed by atoms with Crippen LogP contribution in [0.1, 0.15) is 18.4 Å². The summed E-state index contributed by atoms with van der Waals surface area (Å²) in [5, 5.41) is 0. The molecule has 4 heteroatoms. The van der Waals surface area contributed by atoms with E-state index in [-0.39, 0.29) is 5.82 Å². The molecule has 0 amide bonds. The van der Waals surface area contributed by atoms with Gasteiger partial charge in [-0.2, -0.15) is 0 Å². The molecule has 1 aliphatic heterocycles. The molecular weight excluding hydrogens is 241 g/mol. The van der Waals surface area contributed by atoms with Crippen molar-refractivity contribution < 1.29 is 4.39 Å². The number of hydrogen-bond donors (Lipinski definition) is 1. The Morgan fingerprint density at radius 2 is 2.05 bits per heavy atom. The van der Waals surface area contributed by atoms with Crippen LogP contribution in [0.3, 0.4) is 0 Å². The van der Waals surface area contributed by atoms with E-state index in [0.29, 0.717) is 5.69 Å². The molecule has 3 nitrogen and oxygen atoms in total.